The van der Waals surface area contributed by atoms with Crippen LogP contribution in [0.2, 0.25) is 0 Å². The van der Waals surface area contributed by atoms with E-state index in [0.717, 1.165) is 38.0 Å². The van der Waals surface area contributed by atoms with Gasteiger partial charge in [0.15, 0.2) is 0 Å². The van der Waals surface area contributed by atoms with Crippen LogP contribution in [-0.4, -0.2) is 25.9 Å². The molecule has 0 unspecified atom stereocenters. The van der Waals surface area contributed by atoms with Crippen molar-refractivity contribution in [1.29, 1.82) is 0 Å². The normalized spacial score (nSPS) is 30.2. The topological polar surface area (TPSA) is 44.5 Å². The summed E-state index contributed by atoms with van der Waals surface area (Å²) < 4.78 is 11.3. The number of methoxy groups -OCH3 is 1. The standard InChI is InChI=1S/C17H27NO2/c1-4-16(2)13-17(9-11-18,10-12-20-16)14-5-7-15(19-3)8-6-14/h5-8H,4,9-13,18H2,1-3H3/t16-,17-/m0/s1. The maximum atomic E-state index is 6.02. The monoisotopic (exact) mass is 277 g/mol. The van der Waals surface area contributed by atoms with Gasteiger partial charge >= 0.3 is 0 Å². The number of benzene rings is 1. The zero-order valence-electron chi connectivity index (χ0n) is 12.9. The number of nitrogens with two attached hydrogens (primary N) is 1. The fraction of sp³-hybridized carbons (Fsp3) is 0.647. The van der Waals surface area contributed by atoms with E-state index in [0.29, 0.717) is 6.54 Å². The average molecular weight is 277 g/mol. The van der Waals surface area contributed by atoms with Gasteiger partial charge in [-0.05, 0) is 56.8 Å². The first kappa shape index (κ1) is 15.3. The minimum absolute atomic E-state index is 0.0344. The predicted molar refractivity (Wildman–Crippen MR) is 82.2 cm³/mol. The van der Waals surface area contributed by atoms with Gasteiger partial charge in [-0.2, -0.15) is 0 Å². The molecule has 2 N–H and O–H groups in total. The fourth-order valence-electron chi connectivity index (χ4n) is 3.40. The van der Waals surface area contributed by atoms with Crippen LogP contribution < -0.4 is 10.5 Å². The molecule has 0 spiro atoms. The summed E-state index contributed by atoms with van der Waals surface area (Å²) >= 11 is 0. The first-order valence-electron chi connectivity index (χ1n) is 7.56. The molecule has 20 heavy (non-hydrogen) atoms. The summed E-state index contributed by atoms with van der Waals surface area (Å²) in [6, 6.07) is 8.48. The third kappa shape index (κ3) is 2.99. The van der Waals surface area contributed by atoms with E-state index in [2.05, 4.69) is 26.0 Å². The van der Waals surface area contributed by atoms with E-state index < -0.39 is 0 Å². The SMILES string of the molecule is CC[C@@]1(C)C[C@@](CCN)(c2ccc(OC)cc2)CCO1. The molecule has 1 fully saturated rings. The van der Waals surface area contributed by atoms with Crippen LogP contribution in [0.3, 0.4) is 0 Å². The zero-order valence-corrected chi connectivity index (χ0v) is 12.9. The van der Waals surface area contributed by atoms with Crippen LogP contribution in [0.4, 0.5) is 0 Å². The van der Waals surface area contributed by atoms with Crippen molar-refractivity contribution in [3.05, 3.63) is 29.8 Å². The third-order valence-electron chi connectivity index (χ3n) is 4.82. The quantitative estimate of drug-likeness (QED) is 0.898. The molecule has 1 aromatic carbocycles. The Balaban J connectivity index is 2.32. The Morgan fingerprint density at radius 3 is 2.55 bits per heavy atom. The van der Waals surface area contributed by atoms with Gasteiger partial charge in [-0.3, -0.25) is 0 Å². The average Bonchev–Trinajstić information content (AvgIpc) is 2.48. The van der Waals surface area contributed by atoms with Gasteiger partial charge in [0.25, 0.3) is 0 Å². The van der Waals surface area contributed by atoms with E-state index in [1.54, 1.807) is 7.11 Å². The molecule has 1 aliphatic heterocycles. The molecule has 0 saturated carbocycles. The minimum Gasteiger partial charge on any atom is -0.497 e. The lowest BCUT2D eigenvalue weighted by atomic mass is 9.66. The van der Waals surface area contributed by atoms with Crippen molar-refractivity contribution in [2.75, 3.05) is 20.3 Å². The van der Waals surface area contributed by atoms with Gasteiger partial charge in [0.2, 0.25) is 0 Å². The second kappa shape index (κ2) is 6.15. The van der Waals surface area contributed by atoms with E-state index in [4.69, 9.17) is 15.2 Å². The van der Waals surface area contributed by atoms with Crippen molar-refractivity contribution in [3.8, 4) is 5.75 Å². The molecule has 0 bridgehead atoms. The highest BCUT2D eigenvalue weighted by atomic mass is 16.5. The maximum absolute atomic E-state index is 6.02. The van der Waals surface area contributed by atoms with Crippen molar-refractivity contribution in [3.63, 3.8) is 0 Å². The van der Waals surface area contributed by atoms with E-state index in [-0.39, 0.29) is 11.0 Å². The van der Waals surface area contributed by atoms with Crippen LogP contribution in [0.5, 0.6) is 5.75 Å². The Morgan fingerprint density at radius 2 is 2.00 bits per heavy atom. The summed E-state index contributed by atoms with van der Waals surface area (Å²) in [5, 5.41) is 0. The molecular weight excluding hydrogens is 250 g/mol. The molecule has 1 aromatic rings. The molecule has 0 radical (unpaired) electrons. The number of hydrogen-bond acceptors (Lipinski definition) is 3. The number of rotatable bonds is 5. The van der Waals surface area contributed by atoms with Gasteiger partial charge < -0.3 is 15.2 Å². The van der Waals surface area contributed by atoms with Gasteiger partial charge in [0.1, 0.15) is 5.75 Å². The number of ether oxygens (including phenoxy) is 2. The molecule has 0 aromatic heterocycles. The molecule has 1 saturated heterocycles. The van der Waals surface area contributed by atoms with Gasteiger partial charge in [-0.25, -0.2) is 0 Å². The molecule has 2 atom stereocenters. The molecule has 3 nitrogen and oxygen atoms in total. The first-order chi connectivity index (χ1) is 9.57. The predicted octanol–water partition coefficient (Wildman–Crippen LogP) is 3.26. The smallest absolute Gasteiger partial charge is 0.118 e. The minimum atomic E-state index is -0.0344. The molecule has 112 valence electrons. The first-order valence-corrected chi connectivity index (χ1v) is 7.56. The van der Waals surface area contributed by atoms with Crippen LogP contribution in [0.25, 0.3) is 0 Å². The Hall–Kier alpha value is -1.06. The third-order valence-corrected chi connectivity index (χ3v) is 4.82. The van der Waals surface area contributed by atoms with E-state index in [1.807, 2.05) is 12.1 Å². The van der Waals surface area contributed by atoms with Crippen molar-refractivity contribution >= 4 is 0 Å². The van der Waals surface area contributed by atoms with Crippen LogP contribution >= 0.6 is 0 Å². The second-order valence-corrected chi connectivity index (χ2v) is 6.13. The van der Waals surface area contributed by atoms with Gasteiger partial charge in [-0.15, -0.1) is 0 Å². The van der Waals surface area contributed by atoms with Crippen LogP contribution in [-0.2, 0) is 10.2 Å². The van der Waals surface area contributed by atoms with Crippen molar-refractivity contribution in [2.24, 2.45) is 5.73 Å². The van der Waals surface area contributed by atoms with Crippen molar-refractivity contribution in [1.82, 2.24) is 0 Å². The largest absolute Gasteiger partial charge is 0.497 e. The Bertz CT molecular complexity index is 427. The number of hydrogen-bond donors (Lipinski definition) is 1. The van der Waals surface area contributed by atoms with Gasteiger partial charge in [-0.1, -0.05) is 19.1 Å². The summed E-state index contributed by atoms with van der Waals surface area (Å²) in [6.07, 6.45) is 4.14. The van der Waals surface area contributed by atoms with Gasteiger partial charge in [0, 0.05) is 12.0 Å². The zero-order chi connectivity index (χ0) is 14.6. The molecule has 0 aliphatic carbocycles. The molecule has 1 heterocycles. The summed E-state index contributed by atoms with van der Waals surface area (Å²) in [6.45, 7) is 5.95. The Labute approximate surface area is 122 Å². The van der Waals surface area contributed by atoms with Crippen molar-refractivity contribution < 1.29 is 9.47 Å². The fourth-order valence-corrected chi connectivity index (χ4v) is 3.40. The molecule has 1 aliphatic rings. The molecule has 0 amide bonds. The van der Waals surface area contributed by atoms with Crippen LogP contribution in [0.15, 0.2) is 24.3 Å². The molecule has 2 rings (SSSR count). The molecule has 3 heteroatoms. The van der Waals surface area contributed by atoms with Gasteiger partial charge in [0.05, 0.1) is 12.7 Å². The molecular formula is C17H27NO2. The lowest BCUT2D eigenvalue weighted by Crippen LogP contribution is -2.46. The summed E-state index contributed by atoms with van der Waals surface area (Å²) in [5.74, 6) is 0.905. The van der Waals surface area contributed by atoms with Crippen LogP contribution in [0, 0.1) is 0 Å². The highest BCUT2D eigenvalue weighted by molar-refractivity contribution is 5.33. The summed E-state index contributed by atoms with van der Waals surface area (Å²) in [4.78, 5) is 0. The van der Waals surface area contributed by atoms with Crippen molar-refractivity contribution in [2.45, 2.75) is 50.5 Å². The highest BCUT2D eigenvalue weighted by Gasteiger charge is 2.42. The maximum Gasteiger partial charge on any atom is 0.118 e. The lowest BCUT2D eigenvalue weighted by Gasteiger charge is -2.46. The van der Waals surface area contributed by atoms with E-state index in [9.17, 15) is 0 Å². The Morgan fingerprint density at radius 1 is 1.30 bits per heavy atom. The lowest BCUT2D eigenvalue weighted by molar-refractivity contribution is -0.0976. The second-order valence-electron chi connectivity index (χ2n) is 6.13. The Kier molecular flexibility index (Phi) is 4.71. The van der Waals surface area contributed by atoms with E-state index in [1.165, 1.54) is 5.56 Å². The van der Waals surface area contributed by atoms with E-state index >= 15 is 0 Å². The summed E-state index contributed by atoms with van der Waals surface area (Å²) in [7, 11) is 1.70. The van der Waals surface area contributed by atoms with Crippen LogP contribution in [0.1, 0.15) is 45.1 Å². The highest BCUT2D eigenvalue weighted by Crippen LogP contribution is 2.45. The summed E-state index contributed by atoms with van der Waals surface area (Å²) in [5.41, 5.74) is 7.38.